The summed E-state index contributed by atoms with van der Waals surface area (Å²) in [7, 11) is 0. The SMILES string of the molecule is CC(CC(F)(F)F)Nc1cc(N)cc([N+](=O)[O-])c1. The van der Waals surface area contributed by atoms with E-state index in [9.17, 15) is 23.3 Å². The fraction of sp³-hybridized carbons (Fsp3) is 0.400. The van der Waals surface area contributed by atoms with Gasteiger partial charge in [-0.15, -0.1) is 0 Å². The minimum absolute atomic E-state index is 0.117. The Hall–Kier alpha value is -1.99. The van der Waals surface area contributed by atoms with E-state index in [2.05, 4.69) is 5.32 Å². The zero-order chi connectivity index (χ0) is 13.9. The zero-order valence-electron chi connectivity index (χ0n) is 9.49. The van der Waals surface area contributed by atoms with Crippen molar-refractivity contribution in [2.24, 2.45) is 0 Å². The van der Waals surface area contributed by atoms with Gasteiger partial charge in [0, 0.05) is 29.5 Å². The number of anilines is 2. The molecule has 1 rings (SSSR count). The number of non-ortho nitro benzene ring substituents is 1. The standard InChI is InChI=1S/C10H12F3N3O2/c1-6(5-10(11,12)13)15-8-2-7(14)3-9(4-8)16(17)18/h2-4,6,15H,5,14H2,1H3. The molecule has 0 spiro atoms. The van der Waals surface area contributed by atoms with Crippen LogP contribution >= 0.6 is 0 Å². The van der Waals surface area contributed by atoms with Crippen LogP contribution in [0.3, 0.4) is 0 Å². The molecule has 0 amide bonds. The number of halogens is 3. The molecule has 5 nitrogen and oxygen atoms in total. The van der Waals surface area contributed by atoms with E-state index in [0.717, 1.165) is 12.1 Å². The molecule has 0 aliphatic carbocycles. The second-order valence-electron chi connectivity index (χ2n) is 3.94. The molecule has 0 aromatic heterocycles. The van der Waals surface area contributed by atoms with Gasteiger partial charge in [-0.1, -0.05) is 0 Å². The summed E-state index contributed by atoms with van der Waals surface area (Å²) >= 11 is 0. The third-order valence-electron chi connectivity index (χ3n) is 2.10. The van der Waals surface area contributed by atoms with E-state index in [1.54, 1.807) is 0 Å². The molecule has 0 heterocycles. The van der Waals surface area contributed by atoms with Crippen LogP contribution in [0, 0.1) is 10.1 Å². The molecule has 0 aliphatic rings. The molecule has 8 heteroatoms. The average molecular weight is 263 g/mol. The highest BCUT2D eigenvalue weighted by atomic mass is 19.4. The van der Waals surface area contributed by atoms with Crippen molar-refractivity contribution in [3.63, 3.8) is 0 Å². The molecule has 0 fully saturated rings. The van der Waals surface area contributed by atoms with Crippen LogP contribution in [0.1, 0.15) is 13.3 Å². The molecule has 1 atom stereocenters. The van der Waals surface area contributed by atoms with Gasteiger partial charge in [0.25, 0.3) is 5.69 Å². The van der Waals surface area contributed by atoms with Gasteiger partial charge in [-0.3, -0.25) is 10.1 Å². The maximum atomic E-state index is 12.1. The second-order valence-corrected chi connectivity index (χ2v) is 3.94. The van der Waals surface area contributed by atoms with Crippen LogP contribution in [-0.4, -0.2) is 17.1 Å². The highest BCUT2D eigenvalue weighted by Crippen LogP contribution is 2.26. The van der Waals surface area contributed by atoms with Gasteiger partial charge in [-0.05, 0) is 13.0 Å². The second kappa shape index (κ2) is 5.11. The molecule has 100 valence electrons. The minimum atomic E-state index is -4.29. The third kappa shape index (κ3) is 4.48. The maximum absolute atomic E-state index is 12.1. The fourth-order valence-corrected chi connectivity index (χ4v) is 1.51. The van der Waals surface area contributed by atoms with Crippen molar-refractivity contribution in [2.75, 3.05) is 11.1 Å². The molecule has 1 unspecified atom stereocenters. The van der Waals surface area contributed by atoms with Crippen LogP contribution in [0.4, 0.5) is 30.2 Å². The number of nitro benzene ring substituents is 1. The van der Waals surface area contributed by atoms with Crippen molar-refractivity contribution < 1.29 is 18.1 Å². The largest absolute Gasteiger partial charge is 0.398 e. The lowest BCUT2D eigenvalue weighted by Crippen LogP contribution is -2.23. The summed E-state index contributed by atoms with van der Waals surface area (Å²) in [6, 6.07) is 2.73. The highest BCUT2D eigenvalue weighted by Gasteiger charge is 2.30. The molecule has 0 saturated carbocycles. The topological polar surface area (TPSA) is 81.2 Å². The number of hydrogen-bond donors (Lipinski definition) is 2. The summed E-state index contributed by atoms with van der Waals surface area (Å²) in [5.74, 6) is 0. The summed E-state index contributed by atoms with van der Waals surface area (Å²) < 4.78 is 36.4. The van der Waals surface area contributed by atoms with Gasteiger partial charge >= 0.3 is 6.18 Å². The van der Waals surface area contributed by atoms with Crippen molar-refractivity contribution in [2.45, 2.75) is 25.6 Å². The Morgan fingerprint density at radius 2 is 2.06 bits per heavy atom. The Balaban J connectivity index is 2.81. The quantitative estimate of drug-likeness (QED) is 0.497. The van der Waals surface area contributed by atoms with Gasteiger partial charge in [0.05, 0.1) is 11.3 Å². The molecule has 0 saturated heterocycles. The maximum Gasteiger partial charge on any atom is 0.391 e. The summed E-state index contributed by atoms with van der Waals surface area (Å²) in [6.07, 6.45) is -5.33. The molecule has 1 aromatic carbocycles. The molecule has 18 heavy (non-hydrogen) atoms. The Morgan fingerprint density at radius 3 is 2.56 bits per heavy atom. The number of benzene rings is 1. The first-order valence-electron chi connectivity index (χ1n) is 5.05. The lowest BCUT2D eigenvalue weighted by atomic mass is 10.2. The molecule has 0 bridgehead atoms. The van der Waals surface area contributed by atoms with E-state index in [4.69, 9.17) is 5.73 Å². The summed E-state index contributed by atoms with van der Waals surface area (Å²) in [4.78, 5) is 9.91. The van der Waals surface area contributed by atoms with Crippen molar-refractivity contribution in [3.8, 4) is 0 Å². The molecular weight excluding hydrogens is 251 g/mol. The summed E-state index contributed by atoms with van der Waals surface area (Å²) in [6.45, 7) is 1.34. The Bertz CT molecular complexity index is 448. The smallest absolute Gasteiger partial charge is 0.391 e. The van der Waals surface area contributed by atoms with Gasteiger partial charge in [0.2, 0.25) is 0 Å². The Morgan fingerprint density at radius 1 is 1.44 bits per heavy atom. The number of nitrogens with zero attached hydrogens (tertiary/aromatic N) is 1. The van der Waals surface area contributed by atoms with Crippen molar-refractivity contribution in [1.29, 1.82) is 0 Å². The number of nitrogens with one attached hydrogen (secondary N) is 1. The first kappa shape index (κ1) is 14.1. The first-order valence-corrected chi connectivity index (χ1v) is 5.05. The van der Waals surface area contributed by atoms with E-state index < -0.39 is 23.6 Å². The van der Waals surface area contributed by atoms with Crippen LogP contribution in [0.5, 0.6) is 0 Å². The van der Waals surface area contributed by atoms with E-state index in [0.29, 0.717) is 0 Å². The number of hydrogen-bond acceptors (Lipinski definition) is 4. The number of nitrogens with two attached hydrogens (primary N) is 1. The molecule has 0 aliphatic heterocycles. The lowest BCUT2D eigenvalue weighted by molar-refractivity contribution is -0.384. The highest BCUT2D eigenvalue weighted by molar-refractivity contribution is 5.61. The van der Waals surface area contributed by atoms with Crippen LogP contribution in [-0.2, 0) is 0 Å². The predicted octanol–water partition coefficient (Wildman–Crippen LogP) is 2.93. The number of nitrogen functional groups attached to an aromatic ring is 1. The Labute approximate surface area is 101 Å². The van der Waals surface area contributed by atoms with E-state index >= 15 is 0 Å². The lowest BCUT2D eigenvalue weighted by Gasteiger charge is -2.17. The van der Waals surface area contributed by atoms with Gasteiger partial charge < -0.3 is 11.1 Å². The fourth-order valence-electron chi connectivity index (χ4n) is 1.51. The van der Waals surface area contributed by atoms with E-state index in [-0.39, 0.29) is 17.1 Å². The van der Waals surface area contributed by atoms with E-state index in [1.165, 1.54) is 13.0 Å². The molecular formula is C10H12F3N3O2. The number of nitro groups is 1. The molecule has 1 aromatic rings. The number of alkyl halides is 3. The van der Waals surface area contributed by atoms with Crippen LogP contribution in [0.25, 0.3) is 0 Å². The van der Waals surface area contributed by atoms with Gasteiger partial charge in [-0.2, -0.15) is 13.2 Å². The van der Waals surface area contributed by atoms with Crippen molar-refractivity contribution in [3.05, 3.63) is 28.3 Å². The minimum Gasteiger partial charge on any atom is -0.398 e. The van der Waals surface area contributed by atoms with Crippen molar-refractivity contribution >= 4 is 17.1 Å². The monoisotopic (exact) mass is 263 g/mol. The first-order chi connectivity index (χ1) is 8.17. The molecule has 0 radical (unpaired) electrons. The zero-order valence-corrected chi connectivity index (χ0v) is 9.49. The van der Waals surface area contributed by atoms with Crippen LogP contribution < -0.4 is 11.1 Å². The number of rotatable bonds is 4. The molecule has 3 N–H and O–H groups in total. The van der Waals surface area contributed by atoms with Crippen LogP contribution in [0.2, 0.25) is 0 Å². The average Bonchev–Trinajstić information content (AvgIpc) is 2.12. The normalized spacial score (nSPS) is 13.1. The Kier molecular flexibility index (Phi) is 4.00. The van der Waals surface area contributed by atoms with Crippen molar-refractivity contribution in [1.82, 2.24) is 0 Å². The van der Waals surface area contributed by atoms with Gasteiger partial charge in [0.1, 0.15) is 0 Å². The summed E-state index contributed by atoms with van der Waals surface area (Å²) in [5.41, 5.74) is 5.48. The van der Waals surface area contributed by atoms with Crippen LogP contribution in [0.15, 0.2) is 18.2 Å². The van der Waals surface area contributed by atoms with Gasteiger partial charge in [-0.25, -0.2) is 0 Å². The summed E-state index contributed by atoms with van der Waals surface area (Å²) in [5, 5.41) is 13.1. The predicted molar refractivity (Wildman–Crippen MR) is 61.3 cm³/mol. The third-order valence-corrected chi connectivity index (χ3v) is 2.10. The van der Waals surface area contributed by atoms with Gasteiger partial charge in [0.15, 0.2) is 0 Å². The van der Waals surface area contributed by atoms with E-state index in [1.807, 2.05) is 0 Å².